The second-order valence-electron chi connectivity index (χ2n) is 4.26. The van der Waals surface area contributed by atoms with Crippen molar-refractivity contribution in [3.05, 3.63) is 40.4 Å². The maximum atomic E-state index is 13.1. The van der Waals surface area contributed by atoms with Crippen LogP contribution in [0.4, 0.5) is 16.0 Å². The van der Waals surface area contributed by atoms with Crippen LogP contribution >= 0.6 is 23.2 Å². The van der Waals surface area contributed by atoms with Crippen molar-refractivity contribution in [3.8, 4) is 0 Å². The molecule has 94 valence electrons. The zero-order chi connectivity index (χ0) is 12.7. The van der Waals surface area contributed by atoms with Crippen LogP contribution in [0.2, 0.25) is 10.0 Å². The highest BCUT2D eigenvalue weighted by molar-refractivity contribution is 6.39. The van der Waals surface area contributed by atoms with E-state index in [-0.39, 0.29) is 10.0 Å². The fourth-order valence-electron chi connectivity index (χ4n) is 1.83. The van der Waals surface area contributed by atoms with E-state index in [4.69, 9.17) is 23.2 Å². The second-order valence-corrected chi connectivity index (χ2v) is 5.07. The van der Waals surface area contributed by atoms with Gasteiger partial charge in [0.1, 0.15) is 5.82 Å². The third-order valence-corrected chi connectivity index (χ3v) is 3.45. The molecule has 3 rings (SSSR count). The first-order valence-electron chi connectivity index (χ1n) is 5.59. The largest absolute Gasteiger partial charge is 0.323 e. The topological polar surface area (TPSA) is 29.9 Å². The summed E-state index contributed by atoms with van der Waals surface area (Å²) in [5.74, 6) is 0.217. The Kier molecular flexibility index (Phi) is 2.92. The van der Waals surface area contributed by atoms with Crippen LogP contribution in [0.3, 0.4) is 0 Å². The van der Waals surface area contributed by atoms with Gasteiger partial charge in [-0.3, -0.25) is 0 Å². The Bertz CT molecular complexity index is 570. The smallest absolute Gasteiger partial charge is 0.207 e. The van der Waals surface area contributed by atoms with E-state index in [1.165, 1.54) is 12.1 Å². The highest BCUT2D eigenvalue weighted by Gasteiger charge is 2.25. The van der Waals surface area contributed by atoms with E-state index in [1.54, 1.807) is 6.20 Å². The van der Waals surface area contributed by atoms with Crippen LogP contribution in [0.1, 0.15) is 18.9 Å². The predicted octanol–water partition coefficient (Wildman–Crippen LogP) is 4.41. The summed E-state index contributed by atoms with van der Waals surface area (Å²) in [6, 6.07) is 2.94. The second kappa shape index (κ2) is 4.44. The van der Waals surface area contributed by atoms with Gasteiger partial charge in [-0.05, 0) is 25.0 Å². The zero-order valence-corrected chi connectivity index (χ0v) is 10.8. The first-order chi connectivity index (χ1) is 8.65. The zero-order valence-electron chi connectivity index (χ0n) is 9.33. The molecule has 2 aromatic rings. The fourth-order valence-corrected chi connectivity index (χ4v) is 2.39. The minimum atomic E-state index is -0.457. The third kappa shape index (κ3) is 2.18. The number of rotatable bonds is 3. The summed E-state index contributed by atoms with van der Waals surface area (Å²) < 4.78 is 15.1. The van der Waals surface area contributed by atoms with E-state index in [1.807, 2.05) is 10.8 Å². The van der Waals surface area contributed by atoms with Crippen LogP contribution in [0.5, 0.6) is 0 Å². The van der Waals surface area contributed by atoms with E-state index in [0.29, 0.717) is 17.7 Å². The lowest BCUT2D eigenvalue weighted by atomic mass is 10.3. The Balaban J connectivity index is 1.94. The van der Waals surface area contributed by atoms with Crippen LogP contribution < -0.4 is 5.32 Å². The van der Waals surface area contributed by atoms with Crippen molar-refractivity contribution < 1.29 is 4.39 Å². The van der Waals surface area contributed by atoms with E-state index < -0.39 is 5.82 Å². The summed E-state index contributed by atoms with van der Waals surface area (Å²) >= 11 is 12.0. The molecule has 0 atom stereocenters. The van der Waals surface area contributed by atoms with Crippen molar-refractivity contribution in [2.24, 2.45) is 0 Å². The van der Waals surface area contributed by atoms with Gasteiger partial charge in [0.25, 0.3) is 0 Å². The van der Waals surface area contributed by atoms with Crippen LogP contribution in [-0.2, 0) is 0 Å². The van der Waals surface area contributed by atoms with Crippen molar-refractivity contribution >= 4 is 34.8 Å². The number of benzene rings is 1. The normalized spacial score (nSPS) is 14.8. The molecule has 0 radical (unpaired) electrons. The Labute approximate surface area is 114 Å². The van der Waals surface area contributed by atoms with Gasteiger partial charge >= 0.3 is 0 Å². The Morgan fingerprint density at radius 2 is 1.94 bits per heavy atom. The average Bonchev–Trinajstić information content (AvgIpc) is 3.04. The standard InChI is InChI=1S/C12H10Cl2FN3/c13-9-5-7(15)6-10(14)11(9)17-12-16-3-4-18(12)8-1-2-8/h3-6,8H,1-2H2,(H,16,17). The quantitative estimate of drug-likeness (QED) is 0.905. The maximum absolute atomic E-state index is 13.1. The molecule has 1 aliphatic carbocycles. The van der Waals surface area contributed by atoms with E-state index in [0.717, 1.165) is 12.8 Å². The van der Waals surface area contributed by atoms with Gasteiger partial charge in [-0.2, -0.15) is 0 Å². The summed E-state index contributed by atoms with van der Waals surface area (Å²) in [7, 11) is 0. The Hall–Kier alpha value is -1.26. The van der Waals surface area contributed by atoms with Crippen molar-refractivity contribution in [1.29, 1.82) is 0 Å². The molecule has 1 aromatic carbocycles. The highest BCUT2D eigenvalue weighted by Crippen LogP contribution is 2.39. The summed E-state index contributed by atoms with van der Waals surface area (Å²) in [4.78, 5) is 4.22. The lowest BCUT2D eigenvalue weighted by Gasteiger charge is -2.11. The molecule has 0 spiro atoms. The molecule has 18 heavy (non-hydrogen) atoms. The lowest BCUT2D eigenvalue weighted by Crippen LogP contribution is -2.02. The van der Waals surface area contributed by atoms with Gasteiger partial charge in [0.15, 0.2) is 0 Å². The number of anilines is 2. The number of nitrogens with one attached hydrogen (secondary N) is 1. The Morgan fingerprint density at radius 3 is 2.56 bits per heavy atom. The summed E-state index contributed by atoms with van der Waals surface area (Å²) in [6.45, 7) is 0. The number of hydrogen-bond acceptors (Lipinski definition) is 2. The molecular formula is C12H10Cl2FN3. The first-order valence-corrected chi connectivity index (χ1v) is 6.35. The molecular weight excluding hydrogens is 276 g/mol. The minimum Gasteiger partial charge on any atom is -0.323 e. The van der Waals surface area contributed by atoms with Crippen molar-refractivity contribution in [1.82, 2.24) is 9.55 Å². The molecule has 1 heterocycles. The van der Waals surface area contributed by atoms with Crippen LogP contribution in [0.25, 0.3) is 0 Å². The molecule has 3 nitrogen and oxygen atoms in total. The van der Waals surface area contributed by atoms with Gasteiger partial charge < -0.3 is 9.88 Å². The molecule has 0 unspecified atom stereocenters. The van der Waals surface area contributed by atoms with Gasteiger partial charge in [-0.15, -0.1) is 0 Å². The molecule has 1 fully saturated rings. The van der Waals surface area contributed by atoms with Gasteiger partial charge in [0.2, 0.25) is 5.95 Å². The van der Waals surface area contributed by atoms with Crippen LogP contribution in [-0.4, -0.2) is 9.55 Å². The number of aromatic nitrogens is 2. The molecule has 1 aromatic heterocycles. The van der Waals surface area contributed by atoms with Crippen LogP contribution in [0, 0.1) is 5.82 Å². The van der Waals surface area contributed by atoms with Crippen molar-refractivity contribution in [2.75, 3.05) is 5.32 Å². The average molecular weight is 286 g/mol. The highest BCUT2D eigenvalue weighted by atomic mass is 35.5. The number of nitrogens with zero attached hydrogens (tertiary/aromatic N) is 2. The maximum Gasteiger partial charge on any atom is 0.207 e. The van der Waals surface area contributed by atoms with E-state index in [9.17, 15) is 4.39 Å². The van der Waals surface area contributed by atoms with Gasteiger partial charge in [0.05, 0.1) is 15.7 Å². The van der Waals surface area contributed by atoms with Crippen LogP contribution in [0.15, 0.2) is 24.5 Å². The third-order valence-electron chi connectivity index (χ3n) is 2.85. The number of imidazole rings is 1. The molecule has 1 saturated carbocycles. The molecule has 6 heteroatoms. The summed E-state index contributed by atoms with van der Waals surface area (Å²) in [5.41, 5.74) is 0.479. The number of hydrogen-bond donors (Lipinski definition) is 1. The molecule has 0 aliphatic heterocycles. The van der Waals surface area contributed by atoms with Gasteiger partial charge in [0, 0.05) is 18.4 Å². The first kappa shape index (κ1) is 11.8. The van der Waals surface area contributed by atoms with E-state index >= 15 is 0 Å². The monoisotopic (exact) mass is 285 g/mol. The molecule has 0 bridgehead atoms. The molecule has 0 amide bonds. The van der Waals surface area contributed by atoms with Crippen molar-refractivity contribution in [2.45, 2.75) is 18.9 Å². The fraction of sp³-hybridized carbons (Fsp3) is 0.250. The van der Waals surface area contributed by atoms with Gasteiger partial charge in [-0.25, -0.2) is 9.37 Å². The van der Waals surface area contributed by atoms with Crippen molar-refractivity contribution in [3.63, 3.8) is 0 Å². The molecule has 1 N–H and O–H groups in total. The molecule has 1 aliphatic rings. The SMILES string of the molecule is Fc1cc(Cl)c(Nc2nccn2C2CC2)c(Cl)c1. The van der Waals surface area contributed by atoms with E-state index in [2.05, 4.69) is 10.3 Å². The van der Waals surface area contributed by atoms with Gasteiger partial charge in [-0.1, -0.05) is 23.2 Å². The lowest BCUT2D eigenvalue weighted by molar-refractivity contribution is 0.628. The minimum absolute atomic E-state index is 0.241. The molecule has 0 saturated heterocycles. The number of halogens is 3. The predicted molar refractivity (Wildman–Crippen MR) is 70.2 cm³/mol. The Morgan fingerprint density at radius 1 is 1.28 bits per heavy atom. The summed E-state index contributed by atoms with van der Waals surface area (Å²) in [6.07, 6.45) is 5.92. The summed E-state index contributed by atoms with van der Waals surface area (Å²) in [5, 5.41) is 3.54.